The van der Waals surface area contributed by atoms with E-state index < -0.39 is 5.82 Å². The number of fused-ring (bicyclic) bond motifs is 1. The first-order chi connectivity index (χ1) is 13.8. The van der Waals surface area contributed by atoms with Gasteiger partial charge in [0, 0.05) is 13.0 Å². The second kappa shape index (κ2) is 9.67. The summed E-state index contributed by atoms with van der Waals surface area (Å²) in [7, 11) is 0. The van der Waals surface area contributed by atoms with Gasteiger partial charge in [0.05, 0.1) is 25.0 Å². The molecule has 0 unspecified atom stereocenters. The van der Waals surface area contributed by atoms with Crippen LogP contribution < -0.4 is 14.8 Å². The molecule has 2 aromatic heterocycles. The van der Waals surface area contributed by atoms with Crippen LogP contribution in [-0.2, 0) is 9.53 Å². The minimum Gasteiger partial charge on any atom is -0.472 e. The van der Waals surface area contributed by atoms with Gasteiger partial charge in [0.2, 0.25) is 11.7 Å². The predicted molar refractivity (Wildman–Crippen MR) is 109 cm³/mol. The van der Waals surface area contributed by atoms with Crippen molar-refractivity contribution in [3.8, 4) is 11.1 Å². The number of thiazole rings is 1. The van der Waals surface area contributed by atoms with Crippen molar-refractivity contribution in [3.63, 3.8) is 0 Å². The molecule has 0 spiro atoms. The highest BCUT2D eigenvalue weighted by atomic mass is 32.1. The van der Waals surface area contributed by atoms with Crippen LogP contribution in [-0.4, -0.2) is 46.8 Å². The van der Waals surface area contributed by atoms with Crippen molar-refractivity contribution in [2.75, 3.05) is 6.61 Å². The fraction of sp³-hybridized carbons (Fsp3) is 0.650. The fourth-order valence-corrected chi connectivity index (χ4v) is 4.25. The summed E-state index contributed by atoms with van der Waals surface area (Å²) in [6, 6.07) is -0.0181. The van der Waals surface area contributed by atoms with Gasteiger partial charge in [-0.25, -0.2) is 9.97 Å². The average Bonchev–Trinajstić information content (AvgIpc) is 3.05. The number of nitrogens with one attached hydrogen (secondary N) is 1. The third-order valence-electron chi connectivity index (χ3n) is 4.59. The lowest BCUT2D eigenvalue weighted by Gasteiger charge is -2.29. The molecule has 1 N–H and O–H groups in total. The van der Waals surface area contributed by atoms with Gasteiger partial charge >= 0.3 is 0 Å². The topological polar surface area (TPSA) is 82.6 Å². The van der Waals surface area contributed by atoms with Crippen LogP contribution in [0.15, 0.2) is 6.20 Å². The van der Waals surface area contributed by atoms with Crippen molar-refractivity contribution in [3.05, 3.63) is 12.0 Å². The monoisotopic (exact) mass is 425 g/mol. The zero-order valence-electron chi connectivity index (χ0n) is 17.2. The van der Waals surface area contributed by atoms with E-state index in [2.05, 4.69) is 15.3 Å². The molecule has 1 atom stereocenters. The summed E-state index contributed by atoms with van der Waals surface area (Å²) in [5, 5.41) is 3.23. The third-order valence-corrected chi connectivity index (χ3v) is 5.55. The number of pyridine rings is 1. The molecule has 1 saturated carbocycles. The number of carbonyl (C=O) groups is 1. The minimum atomic E-state index is -0.485. The smallest absolute Gasteiger partial charge is 0.274 e. The van der Waals surface area contributed by atoms with Crippen molar-refractivity contribution < 1.29 is 23.4 Å². The van der Waals surface area contributed by atoms with Crippen LogP contribution in [0.25, 0.3) is 10.2 Å². The van der Waals surface area contributed by atoms with E-state index in [1.54, 1.807) is 0 Å². The highest BCUT2D eigenvalue weighted by Crippen LogP contribution is 2.34. The van der Waals surface area contributed by atoms with Crippen LogP contribution in [0, 0.1) is 5.82 Å². The summed E-state index contributed by atoms with van der Waals surface area (Å²) in [5.74, 6) is -0.532. The van der Waals surface area contributed by atoms with Gasteiger partial charge in [-0.1, -0.05) is 11.3 Å². The molecule has 29 heavy (non-hydrogen) atoms. The summed E-state index contributed by atoms with van der Waals surface area (Å²) < 4.78 is 32.5. The molecule has 1 aliphatic carbocycles. The predicted octanol–water partition coefficient (Wildman–Crippen LogP) is 3.85. The molecule has 0 bridgehead atoms. The molecule has 1 fully saturated rings. The van der Waals surface area contributed by atoms with E-state index in [-0.39, 0.29) is 36.1 Å². The Labute approximate surface area is 174 Å². The quantitative estimate of drug-likeness (QED) is 0.692. The Bertz CT molecular complexity index is 836. The second-order valence-electron chi connectivity index (χ2n) is 7.69. The zero-order chi connectivity index (χ0) is 21.0. The number of hydrogen-bond acceptors (Lipinski definition) is 7. The van der Waals surface area contributed by atoms with Crippen molar-refractivity contribution in [2.24, 2.45) is 0 Å². The number of rotatable bonds is 8. The van der Waals surface area contributed by atoms with Gasteiger partial charge in [-0.2, -0.15) is 4.39 Å². The molecule has 2 heterocycles. The lowest BCUT2D eigenvalue weighted by Crippen LogP contribution is -2.37. The number of carbonyl (C=O) groups excluding carboxylic acids is 1. The van der Waals surface area contributed by atoms with Crippen LogP contribution >= 0.6 is 11.3 Å². The SMILES string of the molecule is CC(=O)N[C@@H](C)CO[C@H]1CC[C@H](Oc2ncc3nc(OC(C)C)sc3c2F)CC1. The van der Waals surface area contributed by atoms with Crippen LogP contribution in [0.1, 0.15) is 53.4 Å². The first-order valence-electron chi connectivity index (χ1n) is 9.99. The molecule has 1 amide bonds. The van der Waals surface area contributed by atoms with Crippen LogP contribution in [0.5, 0.6) is 11.1 Å². The molecule has 3 rings (SSSR count). The maximum absolute atomic E-state index is 14.8. The van der Waals surface area contributed by atoms with Crippen molar-refractivity contribution in [1.82, 2.24) is 15.3 Å². The summed E-state index contributed by atoms with van der Waals surface area (Å²) in [4.78, 5) is 19.4. The lowest BCUT2D eigenvalue weighted by molar-refractivity contribution is -0.120. The fourth-order valence-electron chi connectivity index (χ4n) is 3.31. The first kappa shape index (κ1) is 21.7. The van der Waals surface area contributed by atoms with E-state index in [0.29, 0.717) is 22.0 Å². The molecule has 0 saturated heterocycles. The van der Waals surface area contributed by atoms with Gasteiger partial charge < -0.3 is 19.5 Å². The van der Waals surface area contributed by atoms with Gasteiger partial charge in [0.25, 0.3) is 11.1 Å². The van der Waals surface area contributed by atoms with Crippen LogP contribution in [0.4, 0.5) is 4.39 Å². The van der Waals surface area contributed by atoms with Gasteiger partial charge in [-0.15, -0.1) is 0 Å². The maximum atomic E-state index is 14.8. The van der Waals surface area contributed by atoms with Crippen LogP contribution in [0.2, 0.25) is 0 Å². The van der Waals surface area contributed by atoms with E-state index in [1.807, 2.05) is 20.8 Å². The van der Waals surface area contributed by atoms with Gasteiger partial charge in [0.15, 0.2) is 0 Å². The average molecular weight is 426 g/mol. The van der Waals surface area contributed by atoms with Gasteiger partial charge in [0.1, 0.15) is 16.3 Å². The molecule has 0 aliphatic heterocycles. The van der Waals surface area contributed by atoms with E-state index >= 15 is 0 Å². The Morgan fingerprint density at radius 1 is 1.28 bits per heavy atom. The van der Waals surface area contributed by atoms with Gasteiger partial charge in [-0.3, -0.25) is 4.79 Å². The highest BCUT2D eigenvalue weighted by molar-refractivity contribution is 7.20. The normalized spacial score (nSPS) is 20.6. The molecule has 160 valence electrons. The maximum Gasteiger partial charge on any atom is 0.274 e. The minimum absolute atomic E-state index is 0.0147. The zero-order valence-corrected chi connectivity index (χ0v) is 18.1. The number of halogens is 1. The molecule has 1 aliphatic rings. The van der Waals surface area contributed by atoms with E-state index in [0.717, 1.165) is 37.0 Å². The standard InChI is InChI=1S/C20H28FN3O4S/c1-11(2)27-20-24-16-9-22-19(17(21)18(16)29-20)28-15-7-5-14(6-8-15)26-10-12(3)23-13(4)25/h9,11-12,14-15H,5-8,10H2,1-4H3,(H,23,25)/t12-,14-,15-/m0/s1. The van der Waals surface area contributed by atoms with Crippen LogP contribution in [0.3, 0.4) is 0 Å². The number of amides is 1. The van der Waals surface area contributed by atoms with Crippen molar-refractivity contribution in [1.29, 1.82) is 0 Å². The number of aromatic nitrogens is 2. The Morgan fingerprint density at radius 2 is 1.97 bits per heavy atom. The van der Waals surface area contributed by atoms with E-state index in [1.165, 1.54) is 13.1 Å². The Hall–Kier alpha value is -2.00. The number of ether oxygens (including phenoxy) is 3. The van der Waals surface area contributed by atoms with E-state index in [4.69, 9.17) is 14.2 Å². The number of nitrogens with zero attached hydrogens (tertiary/aromatic N) is 2. The molecule has 9 heteroatoms. The summed E-state index contributed by atoms with van der Waals surface area (Å²) in [6.45, 7) is 7.69. The van der Waals surface area contributed by atoms with E-state index in [9.17, 15) is 9.18 Å². The Balaban J connectivity index is 1.53. The molecular formula is C20H28FN3O4S. The lowest BCUT2D eigenvalue weighted by atomic mass is 9.95. The molecular weight excluding hydrogens is 397 g/mol. The number of hydrogen-bond donors (Lipinski definition) is 1. The Morgan fingerprint density at radius 3 is 2.62 bits per heavy atom. The summed E-state index contributed by atoms with van der Waals surface area (Å²) in [5.41, 5.74) is 0.473. The second-order valence-corrected chi connectivity index (χ2v) is 8.65. The summed E-state index contributed by atoms with van der Waals surface area (Å²) in [6.07, 6.45) is 4.72. The molecule has 2 aromatic rings. The summed E-state index contributed by atoms with van der Waals surface area (Å²) >= 11 is 1.16. The molecule has 0 aromatic carbocycles. The molecule has 7 nitrogen and oxygen atoms in total. The van der Waals surface area contributed by atoms with Crippen molar-refractivity contribution >= 4 is 27.5 Å². The first-order valence-corrected chi connectivity index (χ1v) is 10.8. The van der Waals surface area contributed by atoms with Crippen molar-refractivity contribution in [2.45, 2.75) is 77.7 Å². The Kier molecular flexibility index (Phi) is 7.23. The third kappa shape index (κ3) is 5.99. The highest BCUT2D eigenvalue weighted by Gasteiger charge is 2.26. The molecule has 0 radical (unpaired) electrons. The largest absolute Gasteiger partial charge is 0.472 e. The van der Waals surface area contributed by atoms with Gasteiger partial charge in [-0.05, 0) is 46.5 Å².